The quantitative estimate of drug-likeness (QED) is 0.803. The van der Waals surface area contributed by atoms with Crippen LogP contribution in [0.25, 0.3) is 0 Å². The van der Waals surface area contributed by atoms with Gasteiger partial charge in [-0.2, -0.15) is 0 Å². The Morgan fingerprint density at radius 1 is 1.07 bits per heavy atom. The summed E-state index contributed by atoms with van der Waals surface area (Å²) in [5.74, 6) is 0. The molecule has 1 aromatic carbocycles. The molecule has 2 unspecified atom stereocenters. The summed E-state index contributed by atoms with van der Waals surface area (Å²) in [6, 6.07) is 8.86. The zero-order chi connectivity index (χ0) is 11.3. The molecular formula is C13H21NO. The third kappa shape index (κ3) is 4.45. The highest BCUT2D eigenvalue weighted by Crippen LogP contribution is 2.09. The minimum atomic E-state index is 0.230. The molecule has 0 fully saturated rings. The van der Waals surface area contributed by atoms with E-state index in [-0.39, 0.29) is 12.1 Å². The maximum absolute atomic E-state index is 5.74. The smallest absolute Gasteiger partial charge is 0.0583 e. The van der Waals surface area contributed by atoms with Gasteiger partial charge in [-0.15, -0.1) is 0 Å². The lowest BCUT2D eigenvalue weighted by molar-refractivity contribution is 0.119. The standard InChI is InChI=1S/C13H21NO/c1-10(14)8-12-4-6-13(7-5-12)9-11(2)15-3/h4-7,10-11H,8-9,14H2,1-3H3. The molecule has 2 atom stereocenters. The number of rotatable bonds is 5. The molecule has 0 aliphatic carbocycles. The Labute approximate surface area is 92.4 Å². The first kappa shape index (κ1) is 12.2. The van der Waals surface area contributed by atoms with E-state index in [9.17, 15) is 0 Å². The molecule has 0 radical (unpaired) electrons. The first-order chi connectivity index (χ1) is 7.11. The maximum Gasteiger partial charge on any atom is 0.0583 e. The second-order valence-electron chi connectivity index (χ2n) is 4.25. The van der Waals surface area contributed by atoms with Crippen molar-refractivity contribution in [3.8, 4) is 0 Å². The molecule has 15 heavy (non-hydrogen) atoms. The first-order valence-electron chi connectivity index (χ1n) is 5.48. The molecule has 0 saturated heterocycles. The van der Waals surface area contributed by atoms with Crippen LogP contribution in [0, 0.1) is 0 Å². The van der Waals surface area contributed by atoms with E-state index in [4.69, 9.17) is 10.5 Å². The van der Waals surface area contributed by atoms with E-state index in [1.54, 1.807) is 7.11 Å². The highest BCUT2D eigenvalue weighted by molar-refractivity contribution is 5.23. The van der Waals surface area contributed by atoms with Gasteiger partial charge in [0.2, 0.25) is 0 Å². The molecule has 2 heteroatoms. The predicted octanol–water partition coefficient (Wildman–Crippen LogP) is 2.15. The number of hydrogen-bond acceptors (Lipinski definition) is 2. The van der Waals surface area contributed by atoms with Crippen molar-refractivity contribution in [1.82, 2.24) is 0 Å². The van der Waals surface area contributed by atoms with E-state index in [0.29, 0.717) is 0 Å². The second kappa shape index (κ2) is 5.89. The Balaban J connectivity index is 2.56. The van der Waals surface area contributed by atoms with E-state index in [0.717, 1.165) is 12.8 Å². The van der Waals surface area contributed by atoms with E-state index >= 15 is 0 Å². The molecule has 0 aromatic heterocycles. The molecule has 0 aliphatic heterocycles. The van der Waals surface area contributed by atoms with Crippen LogP contribution in [0.4, 0.5) is 0 Å². The molecule has 2 nitrogen and oxygen atoms in total. The summed E-state index contributed by atoms with van der Waals surface area (Å²) in [4.78, 5) is 0. The average molecular weight is 207 g/mol. The van der Waals surface area contributed by atoms with Gasteiger partial charge in [0.05, 0.1) is 6.10 Å². The van der Waals surface area contributed by atoms with Crippen molar-refractivity contribution in [3.05, 3.63) is 35.4 Å². The Morgan fingerprint density at radius 2 is 1.53 bits per heavy atom. The van der Waals surface area contributed by atoms with Crippen LogP contribution in [-0.2, 0) is 17.6 Å². The lowest BCUT2D eigenvalue weighted by atomic mass is 10.0. The molecule has 84 valence electrons. The summed E-state index contributed by atoms with van der Waals surface area (Å²) >= 11 is 0. The fraction of sp³-hybridized carbons (Fsp3) is 0.538. The van der Waals surface area contributed by atoms with Gasteiger partial charge in [0.25, 0.3) is 0 Å². The topological polar surface area (TPSA) is 35.2 Å². The van der Waals surface area contributed by atoms with E-state index < -0.39 is 0 Å². The van der Waals surface area contributed by atoms with Crippen molar-refractivity contribution in [3.63, 3.8) is 0 Å². The molecule has 0 saturated carbocycles. The van der Waals surface area contributed by atoms with Gasteiger partial charge in [-0.3, -0.25) is 0 Å². The van der Waals surface area contributed by atoms with Crippen molar-refractivity contribution < 1.29 is 4.74 Å². The second-order valence-corrected chi connectivity index (χ2v) is 4.25. The summed E-state index contributed by atoms with van der Waals surface area (Å²) in [6.45, 7) is 4.11. The van der Waals surface area contributed by atoms with Crippen molar-refractivity contribution in [2.45, 2.75) is 38.8 Å². The van der Waals surface area contributed by atoms with Gasteiger partial charge in [-0.05, 0) is 37.8 Å². The number of nitrogens with two attached hydrogens (primary N) is 1. The molecule has 1 rings (SSSR count). The maximum atomic E-state index is 5.74. The number of ether oxygens (including phenoxy) is 1. The van der Waals surface area contributed by atoms with Crippen LogP contribution in [0.3, 0.4) is 0 Å². The van der Waals surface area contributed by atoms with Crippen LogP contribution in [0.2, 0.25) is 0 Å². The average Bonchev–Trinajstić information content (AvgIpc) is 2.20. The molecule has 0 bridgehead atoms. The summed E-state index contributed by atoms with van der Waals surface area (Å²) in [5, 5.41) is 0. The van der Waals surface area contributed by atoms with Crippen LogP contribution in [0.1, 0.15) is 25.0 Å². The highest BCUT2D eigenvalue weighted by Gasteiger charge is 2.02. The molecule has 0 heterocycles. The first-order valence-corrected chi connectivity index (χ1v) is 5.48. The van der Waals surface area contributed by atoms with E-state index in [2.05, 4.69) is 31.2 Å². The van der Waals surface area contributed by atoms with Gasteiger partial charge in [-0.1, -0.05) is 24.3 Å². The van der Waals surface area contributed by atoms with Crippen molar-refractivity contribution in [1.29, 1.82) is 0 Å². The summed E-state index contributed by atoms with van der Waals surface area (Å²) in [5.41, 5.74) is 8.37. The van der Waals surface area contributed by atoms with Gasteiger partial charge in [0.15, 0.2) is 0 Å². The van der Waals surface area contributed by atoms with E-state index in [1.165, 1.54) is 11.1 Å². The number of benzene rings is 1. The van der Waals surface area contributed by atoms with Crippen LogP contribution >= 0.6 is 0 Å². The predicted molar refractivity (Wildman–Crippen MR) is 64.0 cm³/mol. The lowest BCUT2D eigenvalue weighted by Gasteiger charge is -2.10. The van der Waals surface area contributed by atoms with Gasteiger partial charge in [-0.25, -0.2) is 0 Å². The van der Waals surface area contributed by atoms with Crippen molar-refractivity contribution >= 4 is 0 Å². The largest absolute Gasteiger partial charge is 0.381 e. The monoisotopic (exact) mass is 207 g/mol. The van der Waals surface area contributed by atoms with Crippen molar-refractivity contribution in [2.24, 2.45) is 5.73 Å². The highest BCUT2D eigenvalue weighted by atomic mass is 16.5. The Bertz CT molecular complexity index is 279. The number of methoxy groups -OCH3 is 1. The Morgan fingerprint density at radius 3 is 1.93 bits per heavy atom. The summed E-state index contributed by atoms with van der Waals surface area (Å²) in [6.07, 6.45) is 2.19. The van der Waals surface area contributed by atoms with Crippen molar-refractivity contribution in [2.75, 3.05) is 7.11 Å². The van der Waals surface area contributed by atoms with Gasteiger partial charge >= 0.3 is 0 Å². The lowest BCUT2D eigenvalue weighted by Crippen LogP contribution is -2.17. The molecule has 0 amide bonds. The van der Waals surface area contributed by atoms with Gasteiger partial charge in [0, 0.05) is 13.2 Å². The summed E-state index contributed by atoms with van der Waals surface area (Å²) in [7, 11) is 1.75. The minimum absolute atomic E-state index is 0.230. The van der Waals surface area contributed by atoms with Crippen LogP contribution in [0.5, 0.6) is 0 Å². The molecule has 0 aliphatic rings. The SMILES string of the molecule is COC(C)Cc1ccc(CC(C)N)cc1. The number of hydrogen-bond donors (Lipinski definition) is 1. The third-order valence-electron chi connectivity index (χ3n) is 2.51. The van der Waals surface area contributed by atoms with E-state index in [1.807, 2.05) is 6.92 Å². The van der Waals surface area contributed by atoms with Gasteiger partial charge < -0.3 is 10.5 Å². The van der Waals surface area contributed by atoms with Crippen LogP contribution in [-0.4, -0.2) is 19.3 Å². The summed E-state index contributed by atoms with van der Waals surface area (Å²) < 4.78 is 5.23. The fourth-order valence-electron chi connectivity index (χ4n) is 1.60. The van der Waals surface area contributed by atoms with Gasteiger partial charge in [0.1, 0.15) is 0 Å². The molecule has 2 N–H and O–H groups in total. The Hall–Kier alpha value is -0.860. The van der Waals surface area contributed by atoms with Crippen LogP contribution in [0.15, 0.2) is 24.3 Å². The minimum Gasteiger partial charge on any atom is -0.381 e. The van der Waals surface area contributed by atoms with Crippen LogP contribution < -0.4 is 5.73 Å². The normalized spacial score (nSPS) is 14.9. The molecule has 1 aromatic rings. The third-order valence-corrected chi connectivity index (χ3v) is 2.51. The molecule has 0 spiro atoms. The zero-order valence-electron chi connectivity index (χ0n) is 9.86. The Kier molecular flexibility index (Phi) is 4.79. The molecular weight excluding hydrogens is 186 g/mol. The zero-order valence-corrected chi connectivity index (χ0v) is 9.86. The fourth-order valence-corrected chi connectivity index (χ4v) is 1.60.